The number of thiazole rings is 1. The highest BCUT2D eigenvalue weighted by atomic mass is 35.5. The van der Waals surface area contributed by atoms with E-state index in [1.54, 1.807) is 19.4 Å². The summed E-state index contributed by atoms with van der Waals surface area (Å²) in [6.07, 6.45) is 2.14. The van der Waals surface area contributed by atoms with E-state index in [1.807, 2.05) is 25.1 Å². The molecule has 2 rings (SSSR count). The Morgan fingerprint density at radius 3 is 2.71 bits per heavy atom. The second kappa shape index (κ2) is 12.8. The van der Waals surface area contributed by atoms with E-state index in [0.717, 1.165) is 10.4 Å². The van der Waals surface area contributed by atoms with Gasteiger partial charge in [0.25, 0.3) is 0 Å². The number of carbonyl (C=O) groups excluding carboxylic acids is 1. The van der Waals surface area contributed by atoms with E-state index in [-0.39, 0.29) is 18.8 Å². The summed E-state index contributed by atoms with van der Waals surface area (Å²) < 4.78 is 21.6. The second-order valence-corrected chi connectivity index (χ2v) is 7.85. The lowest BCUT2D eigenvalue weighted by molar-refractivity contribution is -0.139. The van der Waals surface area contributed by atoms with Crippen molar-refractivity contribution in [1.82, 2.24) is 10.3 Å². The molecular weight excluding hydrogens is 442 g/mol. The fourth-order valence-electron chi connectivity index (χ4n) is 2.57. The number of methoxy groups -OCH3 is 2. The number of aromatic nitrogens is 1. The third-order valence-electron chi connectivity index (χ3n) is 4.12. The van der Waals surface area contributed by atoms with Crippen LogP contribution < -0.4 is 14.8 Å². The molecule has 31 heavy (non-hydrogen) atoms. The lowest BCUT2D eigenvalue weighted by atomic mass is 10.1. The number of esters is 1. The van der Waals surface area contributed by atoms with Crippen molar-refractivity contribution in [2.24, 2.45) is 0 Å². The largest absolute Gasteiger partial charge is 0.493 e. The van der Waals surface area contributed by atoms with Crippen molar-refractivity contribution < 1.29 is 23.7 Å². The molecule has 0 amide bonds. The number of carbonyl (C=O) groups is 1. The molecular formula is C21H24ClN3O5S. The molecule has 166 valence electrons. The first-order valence-corrected chi connectivity index (χ1v) is 10.6. The number of halogens is 1. The second-order valence-electron chi connectivity index (χ2n) is 6.15. The molecule has 0 aliphatic carbocycles. The van der Waals surface area contributed by atoms with Crippen LogP contribution in [0.3, 0.4) is 0 Å². The predicted molar refractivity (Wildman–Crippen MR) is 117 cm³/mol. The molecule has 0 saturated carbocycles. The predicted octanol–water partition coefficient (Wildman–Crippen LogP) is 3.85. The molecule has 0 bridgehead atoms. The van der Waals surface area contributed by atoms with Crippen molar-refractivity contribution >= 4 is 28.9 Å². The monoisotopic (exact) mass is 465 g/mol. The van der Waals surface area contributed by atoms with Gasteiger partial charge in [0.2, 0.25) is 0 Å². The van der Waals surface area contributed by atoms with Crippen molar-refractivity contribution in [1.29, 1.82) is 5.26 Å². The zero-order valence-electron chi connectivity index (χ0n) is 17.6. The fraction of sp³-hybridized carbons (Fsp3) is 0.381. The molecule has 0 fully saturated rings. The van der Waals surface area contributed by atoms with Gasteiger partial charge >= 0.3 is 5.97 Å². The molecule has 1 N–H and O–H groups in total. The normalized spacial score (nSPS) is 11.3. The zero-order chi connectivity index (χ0) is 22.6. The first kappa shape index (κ1) is 24.5. The molecule has 0 aliphatic heterocycles. The Morgan fingerprint density at radius 1 is 1.29 bits per heavy atom. The molecule has 1 aromatic carbocycles. The van der Waals surface area contributed by atoms with Crippen LogP contribution in [0.15, 0.2) is 35.7 Å². The minimum absolute atomic E-state index is 0.0475. The highest BCUT2D eigenvalue weighted by Crippen LogP contribution is 2.30. The highest BCUT2D eigenvalue weighted by molar-refractivity contribution is 7.15. The molecule has 1 aromatic heterocycles. The molecule has 0 atom stereocenters. The minimum atomic E-state index is -0.673. The minimum Gasteiger partial charge on any atom is -0.493 e. The van der Waals surface area contributed by atoms with E-state index in [1.165, 1.54) is 18.4 Å². The van der Waals surface area contributed by atoms with Crippen LogP contribution in [0.4, 0.5) is 0 Å². The first-order valence-electron chi connectivity index (χ1n) is 9.45. The Bertz CT molecular complexity index is 955. The zero-order valence-corrected chi connectivity index (χ0v) is 19.1. The summed E-state index contributed by atoms with van der Waals surface area (Å²) in [7, 11) is 3.07. The quantitative estimate of drug-likeness (QED) is 0.218. The molecule has 0 unspecified atom stereocenters. The SMILES string of the molecule is CC/C(NCc1ccc(OCc2cnc(Cl)s2)c(OC)c1)=C(\C#N)C(=O)OCCOC. The van der Waals surface area contributed by atoms with Gasteiger partial charge in [-0.25, -0.2) is 9.78 Å². The van der Waals surface area contributed by atoms with Crippen LogP contribution in [0.25, 0.3) is 0 Å². The third-order valence-corrected chi connectivity index (χ3v) is 5.21. The number of nitriles is 1. The third kappa shape index (κ3) is 7.43. The van der Waals surface area contributed by atoms with Crippen LogP contribution in [0.5, 0.6) is 11.5 Å². The molecule has 0 radical (unpaired) electrons. The number of hydrogen-bond donors (Lipinski definition) is 1. The lowest BCUT2D eigenvalue weighted by Gasteiger charge is -2.14. The maximum atomic E-state index is 12.1. The van der Waals surface area contributed by atoms with Crippen LogP contribution in [-0.4, -0.2) is 38.4 Å². The van der Waals surface area contributed by atoms with Crippen LogP contribution in [0.2, 0.25) is 4.47 Å². The summed E-state index contributed by atoms with van der Waals surface area (Å²) in [4.78, 5) is 17.0. The Kier molecular flexibility index (Phi) is 10.1. The molecule has 0 aliphatic rings. The summed E-state index contributed by atoms with van der Waals surface area (Å²) >= 11 is 7.19. The van der Waals surface area contributed by atoms with Gasteiger partial charge in [-0.1, -0.05) is 24.6 Å². The van der Waals surface area contributed by atoms with Crippen molar-refractivity contribution in [3.8, 4) is 17.6 Å². The van der Waals surface area contributed by atoms with E-state index in [2.05, 4.69) is 10.3 Å². The topological polar surface area (TPSA) is 103 Å². The molecule has 1 heterocycles. The Morgan fingerprint density at radius 2 is 2.10 bits per heavy atom. The standard InChI is InChI=1S/C21H24ClN3O5S/c1-4-17(16(10-23)20(26)29-8-7-27-2)24-11-14-5-6-18(19(9-14)28-3)30-13-15-12-25-21(22)31-15/h5-6,9,12,24H,4,7-8,11,13H2,1-3H3/b17-16-. The molecule has 2 aromatic rings. The number of nitrogens with zero attached hydrogens (tertiary/aromatic N) is 2. The average Bonchev–Trinajstić information content (AvgIpc) is 3.20. The van der Waals surface area contributed by atoms with Crippen LogP contribution in [0.1, 0.15) is 23.8 Å². The van der Waals surface area contributed by atoms with E-state index in [0.29, 0.717) is 41.2 Å². The highest BCUT2D eigenvalue weighted by Gasteiger charge is 2.16. The maximum Gasteiger partial charge on any atom is 0.350 e. The summed E-state index contributed by atoms with van der Waals surface area (Å²) in [6, 6.07) is 7.44. The number of rotatable bonds is 12. The number of nitrogens with one attached hydrogen (secondary N) is 1. The summed E-state index contributed by atoms with van der Waals surface area (Å²) in [5.41, 5.74) is 1.35. The van der Waals surface area contributed by atoms with Gasteiger partial charge in [0.15, 0.2) is 21.5 Å². The van der Waals surface area contributed by atoms with Crippen molar-refractivity contribution in [3.63, 3.8) is 0 Å². The van der Waals surface area contributed by atoms with Gasteiger partial charge in [-0.3, -0.25) is 0 Å². The van der Waals surface area contributed by atoms with E-state index in [4.69, 9.17) is 30.5 Å². The number of hydrogen-bond acceptors (Lipinski definition) is 9. The van der Waals surface area contributed by atoms with E-state index < -0.39 is 5.97 Å². The Labute approximate surface area is 190 Å². The first-order chi connectivity index (χ1) is 15.0. The Hall–Kier alpha value is -2.80. The van der Waals surface area contributed by atoms with Gasteiger partial charge in [0.1, 0.15) is 19.3 Å². The lowest BCUT2D eigenvalue weighted by Crippen LogP contribution is -2.20. The molecule has 0 saturated heterocycles. The molecule has 0 spiro atoms. The van der Waals surface area contributed by atoms with Gasteiger partial charge in [-0.15, -0.1) is 11.3 Å². The maximum absolute atomic E-state index is 12.1. The van der Waals surface area contributed by atoms with Crippen molar-refractivity contribution in [2.75, 3.05) is 27.4 Å². The fourth-order valence-corrected chi connectivity index (χ4v) is 3.46. The average molecular weight is 466 g/mol. The van der Waals surface area contributed by atoms with Crippen molar-refractivity contribution in [2.45, 2.75) is 26.5 Å². The van der Waals surface area contributed by atoms with Crippen LogP contribution in [0, 0.1) is 11.3 Å². The van der Waals surface area contributed by atoms with Gasteiger partial charge in [-0.05, 0) is 24.1 Å². The van der Waals surface area contributed by atoms with Crippen molar-refractivity contribution in [3.05, 3.63) is 50.6 Å². The van der Waals surface area contributed by atoms with Crippen LogP contribution in [-0.2, 0) is 27.4 Å². The molecule has 10 heteroatoms. The number of allylic oxidation sites excluding steroid dienone is 1. The van der Waals surface area contributed by atoms with E-state index in [9.17, 15) is 10.1 Å². The van der Waals surface area contributed by atoms with Crippen LogP contribution >= 0.6 is 22.9 Å². The van der Waals surface area contributed by atoms with Gasteiger partial charge < -0.3 is 24.3 Å². The number of ether oxygens (including phenoxy) is 4. The summed E-state index contributed by atoms with van der Waals surface area (Å²) in [6.45, 7) is 2.93. The van der Waals surface area contributed by atoms with Gasteiger partial charge in [0.05, 0.1) is 18.6 Å². The van der Waals surface area contributed by atoms with E-state index >= 15 is 0 Å². The summed E-state index contributed by atoms with van der Waals surface area (Å²) in [5.74, 6) is 0.478. The van der Waals surface area contributed by atoms with Gasteiger partial charge in [-0.2, -0.15) is 5.26 Å². The molecule has 8 nitrogen and oxygen atoms in total. The van der Waals surface area contributed by atoms with Gasteiger partial charge in [0, 0.05) is 25.5 Å². The summed E-state index contributed by atoms with van der Waals surface area (Å²) in [5, 5.41) is 12.5. The smallest absolute Gasteiger partial charge is 0.350 e. The Balaban J connectivity index is 2.05. The number of benzene rings is 1.